The Morgan fingerprint density at radius 3 is 2.57 bits per heavy atom. The lowest BCUT2D eigenvalue weighted by molar-refractivity contribution is -0.129. The molecule has 1 atom stereocenters. The number of halogens is 2. The number of rotatable bonds is 3. The van der Waals surface area contributed by atoms with Gasteiger partial charge in [0, 0.05) is 16.7 Å². The Hall–Kier alpha value is -1.85. The van der Waals surface area contributed by atoms with Crippen LogP contribution < -0.4 is 10.2 Å². The topological polar surface area (TPSA) is 49.4 Å². The van der Waals surface area contributed by atoms with E-state index in [1.807, 2.05) is 24.3 Å². The molecule has 6 heteroatoms. The van der Waals surface area contributed by atoms with Crippen molar-refractivity contribution in [3.05, 3.63) is 58.0 Å². The Kier molecular flexibility index (Phi) is 4.68. The molecule has 1 N–H and O–H groups in total. The molecule has 23 heavy (non-hydrogen) atoms. The Morgan fingerprint density at radius 2 is 1.87 bits per heavy atom. The second-order valence-corrected chi connectivity index (χ2v) is 6.60. The summed E-state index contributed by atoms with van der Waals surface area (Å²) >= 11 is 9.40. The second-order valence-electron chi connectivity index (χ2n) is 5.28. The van der Waals surface area contributed by atoms with Gasteiger partial charge in [-0.3, -0.25) is 9.59 Å². The average Bonchev–Trinajstić information content (AvgIpc) is 2.92. The highest BCUT2D eigenvalue weighted by atomic mass is 79.9. The van der Waals surface area contributed by atoms with Crippen LogP contribution in [0.1, 0.15) is 6.42 Å². The number of amides is 2. The van der Waals surface area contributed by atoms with Gasteiger partial charge in [-0.2, -0.15) is 0 Å². The van der Waals surface area contributed by atoms with E-state index in [1.165, 1.54) is 0 Å². The fourth-order valence-corrected chi connectivity index (χ4v) is 3.03. The summed E-state index contributed by atoms with van der Waals surface area (Å²) in [6.45, 7) is 0.529. The molecule has 3 rings (SSSR count). The molecule has 4 nitrogen and oxygen atoms in total. The van der Waals surface area contributed by atoms with Gasteiger partial charge in [0.25, 0.3) is 0 Å². The molecule has 0 spiro atoms. The number of hydrogen-bond acceptors (Lipinski definition) is 2. The van der Waals surface area contributed by atoms with Crippen molar-refractivity contribution < 1.29 is 9.59 Å². The number of nitrogens with zero attached hydrogens (tertiary/aromatic N) is 1. The smallest absolute Gasteiger partial charge is 0.239 e. The van der Waals surface area contributed by atoms with Crippen LogP contribution in [0.5, 0.6) is 0 Å². The third-order valence-corrected chi connectivity index (χ3v) is 4.65. The van der Waals surface area contributed by atoms with Crippen molar-refractivity contribution in [3.63, 3.8) is 0 Å². The van der Waals surface area contributed by atoms with Gasteiger partial charge in [0.2, 0.25) is 11.8 Å². The second kappa shape index (κ2) is 6.72. The Labute approximate surface area is 147 Å². The van der Waals surface area contributed by atoms with Gasteiger partial charge in [-0.15, -0.1) is 0 Å². The van der Waals surface area contributed by atoms with E-state index in [0.29, 0.717) is 23.7 Å². The van der Waals surface area contributed by atoms with Crippen molar-refractivity contribution in [2.75, 3.05) is 16.8 Å². The Balaban J connectivity index is 1.72. The third-order valence-electron chi connectivity index (χ3n) is 3.79. The fourth-order valence-electron chi connectivity index (χ4n) is 2.58. The predicted octanol–water partition coefficient (Wildman–Crippen LogP) is 4.09. The van der Waals surface area contributed by atoms with Gasteiger partial charge in [0.05, 0.1) is 10.7 Å². The van der Waals surface area contributed by atoms with Gasteiger partial charge >= 0.3 is 0 Å². The van der Waals surface area contributed by atoms with Crippen molar-refractivity contribution >= 4 is 50.7 Å². The summed E-state index contributed by atoms with van der Waals surface area (Å²) in [6, 6.07) is 14.4. The number of nitrogens with one attached hydrogen (secondary N) is 1. The normalized spacial score (nSPS) is 17.4. The summed E-state index contributed by atoms with van der Waals surface area (Å²) in [4.78, 5) is 26.6. The van der Waals surface area contributed by atoms with E-state index in [2.05, 4.69) is 21.2 Å². The first-order valence-electron chi connectivity index (χ1n) is 7.18. The summed E-state index contributed by atoms with van der Waals surface area (Å²) in [5.74, 6) is -1.19. The molecule has 0 saturated carbocycles. The number of carbonyl (C=O) groups excluding carboxylic acids is 2. The van der Waals surface area contributed by atoms with Crippen LogP contribution in [-0.2, 0) is 9.59 Å². The third kappa shape index (κ3) is 3.41. The molecule has 1 aliphatic heterocycles. The standard InChI is InChI=1S/C17H14BrClN2O2/c18-11-5-7-12(8-6-11)21-10-9-13(17(21)23)16(22)20-15-4-2-1-3-14(15)19/h1-8,13H,9-10H2,(H,20,22). The molecule has 1 heterocycles. The van der Waals surface area contributed by atoms with Crippen molar-refractivity contribution in [1.82, 2.24) is 0 Å². The molecule has 0 aliphatic carbocycles. The molecule has 1 aliphatic rings. The van der Waals surface area contributed by atoms with Crippen LogP contribution in [0.25, 0.3) is 0 Å². The quantitative estimate of drug-likeness (QED) is 0.798. The van der Waals surface area contributed by atoms with E-state index in [1.54, 1.807) is 29.2 Å². The predicted molar refractivity (Wildman–Crippen MR) is 94.7 cm³/mol. The van der Waals surface area contributed by atoms with Crippen molar-refractivity contribution in [2.24, 2.45) is 5.92 Å². The van der Waals surface area contributed by atoms with Crippen LogP contribution in [0.15, 0.2) is 53.0 Å². The van der Waals surface area contributed by atoms with Crippen LogP contribution in [0.2, 0.25) is 5.02 Å². The zero-order valence-corrected chi connectivity index (χ0v) is 14.5. The van der Waals surface area contributed by atoms with Crippen LogP contribution in [0, 0.1) is 5.92 Å². The minimum absolute atomic E-state index is 0.183. The molecule has 118 valence electrons. The van der Waals surface area contributed by atoms with E-state index >= 15 is 0 Å². The molecule has 0 radical (unpaired) electrons. The highest BCUT2D eigenvalue weighted by Gasteiger charge is 2.37. The van der Waals surface area contributed by atoms with E-state index in [9.17, 15) is 9.59 Å². The zero-order valence-electron chi connectivity index (χ0n) is 12.1. The largest absolute Gasteiger partial charge is 0.324 e. The number of benzene rings is 2. The molecule has 1 saturated heterocycles. The van der Waals surface area contributed by atoms with Crippen molar-refractivity contribution in [2.45, 2.75) is 6.42 Å². The van der Waals surface area contributed by atoms with E-state index < -0.39 is 5.92 Å². The molecule has 2 amide bonds. The molecule has 1 fully saturated rings. The van der Waals surface area contributed by atoms with Crippen LogP contribution >= 0.6 is 27.5 Å². The number of hydrogen-bond donors (Lipinski definition) is 1. The first kappa shape index (κ1) is 16.0. The zero-order chi connectivity index (χ0) is 16.4. The minimum atomic E-state index is -0.685. The van der Waals surface area contributed by atoms with Gasteiger partial charge in [0.1, 0.15) is 5.92 Å². The van der Waals surface area contributed by atoms with E-state index in [-0.39, 0.29) is 11.8 Å². The number of anilines is 2. The van der Waals surface area contributed by atoms with Gasteiger partial charge < -0.3 is 10.2 Å². The highest BCUT2D eigenvalue weighted by molar-refractivity contribution is 9.10. The monoisotopic (exact) mass is 392 g/mol. The molecular formula is C17H14BrClN2O2. The lowest BCUT2D eigenvalue weighted by atomic mass is 10.1. The SMILES string of the molecule is O=C(Nc1ccccc1Cl)C1CCN(c2ccc(Br)cc2)C1=O. The molecule has 0 bridgehead atoms. The Bertz CT molecular complexity index is 749. The average molecular weight is 394 g/mol. The molecule has 0 aromatic heterocycles. The van der Waals surface area contributed by atoms with Crippen molar-refractivity contribution in [1.29, 1.82) is 0 Å². The van der Waals surface area contributed by atoms with Gasteiger partial charge in [0.15, 0.2) is 0 Å². The van der Waals surface area contributed by atoms with Gasteiger partial charge in [-0.05, 0) is 42.8 Å². The molecular weight excluding hydrogens is 380 g/mol. The lowest BCUT2D eigenvalue weighted by Gasteiger charge is -2.17. The minimum Gasteiger partial charge on any atom is -0.324 e. The highest BCUT2D eigenvalue weighted by Crippen LogP contribution is 2.28. The first-order chi connectivity index (χ1) is 11.1. The maximum atomic E-state index is 12.5. The van der Waals surface area contributed by atoms with E-state index in [0.717, 1.165) is 10.2 Å². The summed E-state index contributed by atoms with van der Waals surface area (Å²) in [5.41, 5.74) is 1.32. The Morgan fingerprint density at radius 1 is 1.17 bits per heavy atom. The van der Waals surface area contributed by atoms with E-state index in [4.69, 9.17) is 11.6 Å². The number of para-hydroxylation sites is 1. The molecule has 1 unspecified atom stereocenters. The maximum absolute atomic E-state index is 12.5. The fraction of sp³-hybridized carbons (Fsp3) is 0.176. The van der Waals surface area contributed by atoms with Crippen LogP contribution in [0.4, 0.5) is 11.4 Å². The van der Waals surface area contributed by atoms with Crippen LogP contribution in [0.3, 0.4) is 0 Å². The summed E-state index contributed by atoms with van der Waals surface area (Å²) in [5, 5.41) is 3.19. The first-order valence-corrected chi connectivity index (χ1v) is 8.35. The van der Waals surface area contributed by atoms with Gasteiger partial charge in [-0.25, -0.2) is 0 Å². The van der Waals surface area contributed by atoms with Crippen LogP contribution in [-0.4, -0.2) is 18.4 Å². The van der Waals surface area contributed by atoms with Gasteiger partial charge in [-0.1, -0.05) is 39.7 Å². The summed E-state index contributed by atoms with van der Waals surface area (Å²) in [7, 11) is 0. The lowest BCUT2D eigenvalue weighted by Crippen LogP contribution is -2.33. The summed E-state index contributed by atoms with van der Waals surface area (Å²) < 4.78 is 0.945. The number of carbonyl (C=O) groups is 2. The molecule has 2 aromatic rings. The molecule has 2 aromatic carbocycles. The summed E-state index contributed by atoms with van der Waals surface area (Å²) in [6.07, 6.45) is 0.491. The van der Waals surface area contributed by atoms with Crippen molar-refractivity contribution in [3.8, 4) is 0 Å². The maximum Gasteiger partial charge on any atom is 0.239 e.